The summed E-state index contributed by atoms with van der Waals surface area (Å²) in [5.74, 6) is 2.40. The molecule has 8 heteroatoms. The van der Waals surface area contributed by atoms with E-state index < -0.39 is 0 Å². The van der Waals surface area contributed by atoms with Crippen LogP contribution in [-0.4, -0.2) is 53.4 Å². The highest BCUT2D eigenvalue weighted by Gasteiger charge is 2.33. The van der Waals surface area contributed by atoms with Gasteiger partial charge in [-0.3, -0.25) is 4.79 Å². The molecule has 2 saturated heterocycles. The van der Waals surface area contributed by atoms with Gasteiger partial charge in [-0.1, -0.05) is 5.16 Å². The number of aromatic nitrogens is 2. The van der Waals surface area contributed by atoms with E-state index in [0.717, 1.165) is 42.9 Å². The van der Waals surface area contributed by atoms with Crippen LogP contribution in [0, 0.1) is 0 Å². The maximum atomic E-state index is 12.3. The van der Waals surface area contributed by atoms with Gasteiger partial charge in [-0.15, -0.1) is 0 Å². The van der Waals surface area contributed by atoms with Crippen LogP contribution in [0.2, 0.25) is 0 Å². The smallest absolute Gasteiger partial charge is 0.254 e. The molecule has 0 saturated carbocycles. The molecule has 2 aliphatic heterocycles. The van der Waals surface area contributed by atoms with Crippen molar-refractivity contribution in [3.63, 3.8) is 0 Å². The zero-order valence-corrected chi connectivity index (χ0v) is 16.6. The van der Waals surface area contributed by atoms with Crippen molar-refractivity contribution in [2.24, 2.45) is 0 Å². The zero-order chi connectivity index (χ0) is 19.6. The van der Waals surface area contributed by atoms with Crippen LogP contribution < -0.4 is 4.74 Å². The Labute approximate surface area is 172 Å². The summed E-state index contributed by atoms with van der Waals surface area (Å²) in [4.78, 5) is 18.6. The van der Waals surface area contributed by atoms with Gasteiger partial charge < -0.3 is 18.9 Å². The summed E-state index contributed by atoms with van der Waals surface area (Å²) in [5.41, 5.74) is 1.64. The Morgan fingerprint density at radius 2 is 1.93 bits per heavy atom. The lowest BCUT2D eigenvalue weighted by Gasteiger charge is -2.38. The molecule has 2 aromatic heterocycles. The van der Waals surface area contributed by atoms with Gasteiger partial charge in [0.25, 0.3) is 5.91 Å². The van der Waals surface area contributed by atoms with E-state index in [4.69, 9.17) is 14.0 Å². The number of hydrogen-bond donors (Lipinski definition) is 0. The minimum Gasteiger partial charge on any atom is -0.487 e. The normalized spacial score (nSPS) is 17.9. The van der Waals surface area contributed by atoms with Crippen molar-refractivity contribution in [1.82, 2.24) is 15.0 Å². The van der Waals surface area contributed by atoms with Gasteiger partial charge in [0.2, 0.25) is 11.7 Å². The van der Waals surface area contributed by atoms with Crippen LogP contribution in [0.4, 0.5) is 0 Å². The Morgan fingerprint density at radius 1 is 1.14 bits per heavy atom. The lowest BCUT2D eigenvalue weighted by atomic mass is 10.0. The predicted molar refractivity (Wildman–Crippen MR) is 107 cm³/mol. The standard InChI is InChI=1S/C21H21N3O4S/c25-21(16-7-10-29-13-16)24-11-18(12-24)27-17-3-1-14(2-4-17)19-22-20(28-23-19)15-5-8-26-9-6-15/h1-4,7,10,13,15,18H,5-6,8-9,11-12H2. The third kappa shape index (κ3) is 3.90. The fourth-order valence-electron chi connectivity index (χ4n) is 3.59. The van der Waals surface area contributed by atoms with Crippen LogP contribution in [0.1, 0.15) is 35.0 Å². The van der Waals surface area contributed by atoms with Crippen LogP contribution in [-0.2, 0) is 4.74 Å². The van der Waals surface area contributed by atoms with E-state index in [1.165, 1.54) is 11.3 Å². The molecular formula is C21H21N3O4S. The zero-order valence-electron chi connectivity index (χ0n) is 15.8. The number of thiophene rings is 1. The Kier molecular flexibility index (Phi) is 5.03. The number of nitrogens with zero attached hydrogens (tertiary/aromatic N) is 3. The van der Waals surface area contributed by atoms with Gasteiger partial charge in [-0.05, 0) is 48.6 Å². The fraction of sp³-hybridized carbons (Fsp3) is 0.381. The summed E-state index contributed by atoms with van der Waals surface area (Å²) in [6.45, 7) is 2.70. The van der Waals surface area contributed by atoms with E-state index in [-0.39, 0.29) is 17.9 Å². The number of rotatable bonds is 5. The fourth-order valence-corrected chi connectivity index (χ4v) is 4.21. The summed E-state index contributed by atoms with van der Waals surface area (Å²) in [6, 6.07) is 9.53. The molecule has 150 valence electrons. The average molecular weight is 411 g/mol. The molecule has 7 nitrogen and oxygen atoms in total. The summed E-state index contributed by atoms with van der Waals surface area (Å²) in [7, 11) is 0. The largest absolute Gasteiger partial charge is 0.487 e. The van der Waals surface area contributed by atoms with Gasteiger partial charge in [-0.25, -0.2) is 0 Å². The number of likely N-dealkylation sites (tertiary alicyclic amines) is 1. The molecule has 1 aromatic carbocycles. The van der Waals surface area contributed by atoms with Gasteiger partial charge in [0.1, 0.15) is 11.9 Å². The first-order valence-corrected chi connectivity index (χ1v) is 10.7. The first-order valence-electron chi connectivity index (χ1n) is 9.76. The second-order valence-corrected chi connectivity index (χ2v) is 8.11. The highest BCUT2D eigenvalue weighted by molar-refractivity contribution is 7.08. The lowest BCUT2D eigenvalue weighted by molar-refractivity contribution is 0.0178. The van der Waals surface area contributed by atoms with Gasteiger partial charge in [0.05, 0.1) is 18.7 Å². The average Bonchev–Trinajstić information content (AvgIpc) is 3.43. The maximum Gasteiger partial charge on any atom is 0.254 e. The Bertz CT molecular complexity index is 958. The molecule has 0 unspecified atom stereocenters. The van der Waals surface area contributed by atoms with Crippen molar-refractivity contribution >= 4 is 17.2 Å². The highest BCUT2D eigenvalue weighted by Crippen LogP contribution is 2.28. The minimum absolute atomic E-state index is 0.0220. The first-order chi connectivity index (χ1) is 14.3. The number of amides is 1. The first kappa shape index (κ1) is 18.3. The molecule has 4 heterocycles. The maximum absolute atomic E-state index is 12.3. The number of ether oxygens (including phenoxy) is 2. The van der Waals surface area contributed by atoms with Crippen LogP contribution >= 0.6 is 11.3 Å². The summed E-state index contributed by atoms with van der Waals surface area (Å²) < 4.78 is 16.8. The third-order valence-electron chi connectivity index (χ3n) is 5.33. The molecule has 0 N–H and O–H groups in total. The van der Waals surface area contributed by atoms with E-state index in [1.54, 1.807) is 4.90 Å². The van der Waals surface area contributed by atoms with Crippen molar-refractivity contribution < 1.29 is 18.8 Å². The van der Waals surface area contributed by atoms with E-state index in [0.29, 0.717) is 24.8 Å². The van der Waals surface area contributed by atoms with Crippen molar-refractivity contribution in [3.8, 4) is 17.1 Å². The number of carbonyl (C=O) groups is 1. The monoisotopic (exact) mass is 411 g/mol. The topological polar surface area (TPSA) is 77.7 Å². The molecule has 2 fully saturated rings. The van der Waals surface area contributed by atoms with Crippen LogP contribution in [0.5, 0.6) is 5.75 Å². The molecule has 3 aromatic rings. The number of hydrogen-bond acceptors (Lipinski definition) is 7. The number of benzene rings is 1. The van der Waals surface area contributed by atoms with Crippen molar-refractivity contribution in [2.45, 2.75) is 24.9 Å². The van der Waals surface area contributed by atoms with E-state index in [1.807, 2.05) is 41.1 Å². The van der Waals surface area contributed by atoms with E-state index >= 15 is 0 Å². The summed E-state index contributed by atoms with van der Waals surface area (Å²) in [6.07, 6.45) is 1.86. The Hall–Kier alpha value is -2.71. The molecule has 0 radical (unpaired) electrons. The van der Waals surface area contributed by atoms with E-state index in [9.17, 15) is 4.79 Å². The summed E-state index contributed by atoms with van der Waals surface area (Å²) in [5, 5.41) is 7.91. The van der Waals surface area contributed by atoms with Crippen LogP contribution in [0.15, 0.2) is 45.6 Å². The predicted octanol–water partition coefficient (Wildman–Crippen LogP) is 3.60. The molecule has 0 bridgehead atoms. The molecule has 0 spiro atoms. The summed E-state index contributed by atoms with van der Waals surface area (Å²) >= 11 is 1.53. The van der Waals surface area contributed by atoms with Gasteiger partial charge in [0, 0.05) is 30.1 Å². The molecule has 0 atom stereocenters. The second kappa shape index (κ2) is 7.96. The minimum atomic E-state index is 0.0220. The van der Waals surface area contributed by atoms with Crippen LogP contribution in [0.25, 0.3) is 11.4 Å². The second-order valence-electron chi connectivity index (χ2n) is 7.33. The van der Waals surface area contributed by atoms with Crippen molar-refractivity contribution in [3.05, 3.63) is 52.5 Å². The molecular weight excluding hydrogens is 390 g/mol. The molecule has 1 amide bonds. The Morgan fingerprint density at radius 3 is 2.66 bits per heavy atom. The third-order valence-corrected chi connectivity index (χ3v) is 6.01. The molecule has 29 heavy (non-hydrogen) atoms. The molecule has 5 rings (SSSR count). The van der Waals surface area contributed by atoms with Crippen LogP contribution in [0.3, 0.4) is 0 Å². The quantitative estimate of drug-likeness (QED) is 0.638. The van der Waals surface area contributed by atoms with Gasteiger partial charge >= 0.3 is 0 Å². The molecule has 2 aliphatic rings. The van der Waals surface area contributed by atoms with Gasteiger partial charge in [-0.2, -0.15) is 16.3 Å². The molecule has 0 aliphatic carbocycles. The van der Waals surface area contributed by atoms with Crippen molar-refractivity contribution in [1.29, 1.82) is 0 Å². The van der Waals surface area contributed by atoms with E-state index in [2.05, 4.69) is 10.1 Å². The SMILES string of the molecule is O=C(c1ccsc1)N1CC(Oc2ccc(-c3noc(C4CCOCC4)n3)cc2)C1. The van der Waals surface area contributed by atoms with Gasteiger partial charge in [0.15, 0.2) is 0 Å². The lowest BCUT2D eigenvalue weighted by Crippen LogP contribution is -2.56. The Balaban J connectivity index is 1.16. The van der Waals surface area contributed by atoms with Crippen molar-refractivity contribution in [2.75, 3.05) is 26.3 Å². The highest BCUT2D eigenvalue weighted by atomic mass is 32.1. The number of carbonyl (C=O) groups excluding carboxylic acids is 1.